The van der Waals surface area contributed by atoms with Crippen molar-refractivity contribution >= 4 is 73.5 Å². The van der Waals surface area contributed by atoms with Crippen molar-refractivity contribution in [3.63, 3.8) is 0 Å². The van der Waals surface area contributed by atoms with Gasteiger partial charge >= 0.3 is 62.9 Å². The molecule has 0 aliphatic heterocycles. The van der Waals surface area contributed by atoms with E-state index in [-0.39, 0.29) is 50.9 Å². The summed E-state index contributed by atoms with van der Waals surface area (Å²) in [5.74, 6) is 0. The molecule has 0 N–H and O–H groups in total. The predicted octanol–water partition coefficient (Wildman–Crippen LogP) is 3.09. The first-order valence-electron chi connectivity index (χ1n) is 2.62. The first-order chi connectivity index (χ1) is 3.93. The minimum absolute atomic E-state index is 0. The fraction of sp³-hybridized carbons (Fsp3) is 0.143. The maximum absolute atomic E-state index is 2.16. The van der Waals surface area contributed by atoms with Gasteiger partial charge in [0.25, 0.3) is 0 Å². The fourth-order valence-corrected chi connectivity index (χ4v) is 1.27. The molecule has 1 aromatic carbocycles. The number of rotatable bonds is 1. The van der Waals surface area contributed by atoms with E-state index in [1.54, 1.807) is 22.5 Å². The van der Waals surface area contributed by atoms with Crippen LogP contribution < -0.4 is 0 Å². The van der Waals surface area contributed by atoms with Crippen LogP contribution in [0.4, 0.5) is 0 Å². The standard InChI is InChI=1S/C7H7.3BrH.Sn/c1-7-5-3-2-4-6-7;;;;/h2-6H,1H2;3*1H;. The number of benzene rings is 1. The van der Waals surface area contributed by atoms with E-state index in [4.69, 9.17) is 0 Å². The zero-order chi connectivity index (χ0) is 5.82. The third-order valence-electron chi connectivity index (χ3n) is 1.05. The van der Waals surface area contributed by atoms with Gasteiger partial charge < -0.3 is 0 Å². The summed E-state index contributed by atoms with van der Waals surface area (Å²) in [6.07, 6.45) is 0. The average molecular weight is 453 g/mol. The average Bonchev–Trinajstić information content (AvgIpc) is 1.90. The molecule has 0 unspecified atom stereocenters. The van der Waals surface area contributed by atoms with E-state index in [0.717, 1.165) is 0 Å². The van der Waals surface area contributed by atoms with Crippen LogP contribution in [0.25, 0.3) is 0 Å². The number of hydrogen-bond acceptors (Lipinski definition) is 0. The Balaban J connectivity index is -0.000000213. The van der Waals surface area contributed by atoms with Crippen molar-refractivity contribution in [2.24, 2.45) is 0 Å². The Morgan fingerprint density at radius 3 is 1.64 bits per heavy atom. The summed E-state index contributed by atoms with van der Waals surface area (Å²) in [7, 11) is 0. The predicted molar refractivity (Wildman–Crippen MR) is 66.9 cm³/mol. The van der Waals surface area contributed by atoms with Crippen LogP contribution in [0.2, 0.25) is 0 Å². The molecule has 3 radical (unpaired) electrons. The topological polar surface area (TPSA) is 0 Å². The molecule has 0 fully saturated rings. The Morgan fingerprint density at radius 2 is 1.36 bits per heavy atom. The third kappa shape index (κ3) is 7.81. The molecule has 0 saturated carbocycles. The quantitative estimate of drug-likeness (QED) is 0.575. The van der Waals surface area contributed by atoms with Crippen molar-refractivity contribution in [3.8, 4) is 0 Å². The Hall–Kier alpha value is 1.46. The van der Waals surface area contributed by atoms with E-state index in [1.807, 2.05) is 0 Å². The summed E-state index contributed by atoms with van der Waals surface area (Å²) in [5, 5.41) is 0. The second-order valence-corrected chi connectivity index (χ2v) is 2.67. The van der Waals surface area contributed by atoms with Crippen molar-refractivity contribution in [1.82, 2.24) is 0 Å². The Kier molecular flexibility index (Phi) is 19.0. The molecule has 0 aromatic heterocycles. The van der Waals surface area contributed by atoms with Gasteiger partial charge in [0.2, 0.25) is 0 Å². The van der Waals surface area contributed by atoms with Gasteiger partial charge in [0.05, 0.1) is 0 Å². The molecular weight excluding hydrogens is 443 g/mol. The zero-order valence-corrected chi connectivity index (χ0v) is 13.8. The SMILES string of the molecule is Br.Br.Br.[Sn][CH2]c1ccccc1. The van der Waals surface area contributed by atoms with E-state index in [2.05, 4.69) is 30.3 Å². The van der Waals surface area contributed by atoms with Crippen molar-refractivity contribution in [2.75, 3.05) is 0 Å². The monoisotopic (exact) mass is 451 g/mol. The molecule has 4 heteroatoms. The molecule has 0 bridgehead atoms. The van der Waals surface area contributed by atoms with Crippen molar-refractivity contribution in [2.45, 2.75) is 4.44 Å². The first-order valence-corrected chi connectivity index (χ1v) is 4.64. The van der Waals surface area contributed by atoms with Crippen LogP contribution >= 0.6 is 50.9 Å². The van der Waals surface area contributed by atoms with Gasteiger partial charge in [-0.15, -0.1) is 50.9 Å². The third-order valence-corrected chi connectivity index (χ3v) is 2.21. The summed E-state index contributed by atoms with van der Waals surface area (Å²) in [5.41, 5.74) is 1.45. The van der Waals surface area contributed by atoms with Crippen LogP contribution in [0, 0.1) is 0 Å². The normalized spacial score (nSPS) is 6.64. The van der Waals surface area contributed by atoms with E-state index < -0.39 is 0 Å². The van der Waals surface area contributed by atoms with Gasteiger partial charge in [-0.2, -0.15) is 0 Å². The Labute approximate surface area is 113 Å². The first kappa shape index (κ1) is 18.3. The molecule has 0 spiro atoms. The van der Waals surface area contributed by atoms with Gasteiger partial charge in [0, 0.05) is 0 Å². The van der Waals surface area contributed by atoms with Crippen molar-refractivity contribution in [1.29, 1.82) is 0 Å². The molecule has 1 aromatic rings. The number of hydrogen-bond donors (Lipinski definition) is 0. The van der Waals surface area contributed by atoms with Gasteiger partial charge in [-0.3, -0.25) is 0 Å². The van der Waals surface area contributed by atoms with E-state index >= 15 is 0 Å². The molecule has 11 heavy (non-hydrogen) atoms. The fourth-order valence-electron chi connectivity index (χ4n) is 0.596. The number of halogens is 3. The summed E-state index contributed by atoms with van der Waals surface area (Å²) in [4.78, 5) is 0. The second-order valence-electron chi connectivity index (χ2n) is 1.66. The van der Waals surface area contributed by atoms with E-state index in [1.165, 1.54) is 10.0 Å². The van der Waals surface area contributed by atoms with Crippen molar-refractivity contribution < 1.29 is 0 Å². The summed E-state index contributed by atoms with van der Waals surface area (Å²) < 4.78 is 1.23. The molecule has 0 atom stereocenters. The molecule has 0 nitrogen and oxygen atoms in total. The molecule has 0 aliphatic carbocycles. The van der Waals surface area contributed by atoms with Crippen LogP contribution in [0.5, 0.6) is 0 Å². The second kappa shape index (κ2) is 11.5. The van der Waals surface area contributed by atoms with Crippen molar-refractivity contribution in [3.05, 3.63) is 35.9 Å². The van der Waals surface area contributed by atoms with Crippen LogP contribution in [-0.4, -0.2) is 22.5 Å². The van der Waals surface area contributed by atoms with Crippen LogP contribution in [0.3, 0.4) is 0 Å². The van der Waals surface area contributed by atoms with Gasteiger partial charge in [-0.1, -0.05) is 0 Å². The Bertz CT molecular complexity index is 155. The molecular formula is C7H10Br3Sn. The van der Waals surface area contributed by atoms with Crippen LogP contribution in [0.15, 0.2) is 30.3 Å². The minimum atomic E-state index is 0. The van der Waals surface area contributed by atoms with Gasteiger partial charge in [0.15, 0.2) is 0 Å². The van der Waals surface area contributed by atoms with Crippen LogP contribution in [-0.2, 0) is 4.44 Å². The molecule has 0 aliphatic rings. The summed E-state index contributed by atoms with van der Waals surface area (Å²) >= 11 is 1.59. The van der Waals surface area contributed by atoms with Gasteiger partial charge in [0.1, 0.15) is 0 Å². The Morgan fingerprint density at radius 1 is 0.909 bits per heavy atom. The maximum atomic E-state index is 2.16. The molecule has 63 valence electrons. The molecule has 0 saturated heterocycles. The van der Waals surface area contributed by atoms with E-state index in [0.29, 0.717) is 0 Å². The van der Waals surface area contributed by atoms with Gasteiger partial charge in [-0.05, 0) is 0 Å². The van der Waals surface area contributed by atoms with Crippen LogP contribution in [0.1, 0.15) is 5.56 Å². The summed E-state index contributed by atoms with van der Waals surface area (Å²) in [6.45, 7) is 0. The molecule has 0 amide bonds. The zero-order valence-electron chi connectivity index (χ0n) is 5.82. The molecule has 1 rings (SSSR count). The molecule has 0 heterocycles. The van der Waals surface area contributed by atoms with Gasteiger partial charge in [-0.25, -0.2) is 0 Å². The summed E-state index contributed by atoms with van der Waals surface area (Å²) in [6, 6.07) is 10.5. The van der Waals surface area contributed by atoms with E-state index in [9.17, 15) is 0 Å².